The van der Waals surface area contributed by atoms with Gasteiger partial charge in [0.25, 0.3) is 5.91 Å². The van der Waals surface area contributed by atoms with E-state index in [0.29, 0.717) is 26.4 Å². The minimum absolute atomic E-state index is 0.000179. The van der Waals surface area contributed by atoms with E-state index in [2.05, 4.69) is 15.9 Å². The van der Waals surface area contributed by atoms with E-state index >= 15 is 0 Å². The first-order valence-electron chi connectivity index (χ1n) is 9.85. The number of fused-ring (bicyclic) bond motifs is 1. The summed E-state index contributed by atoms with van der Waals surface area (Å²) >= 11 is 9.93. The van der Waals surface area contributed by atoms with Crippen molar-refractivity contribution in [2.24, 2.45) is 0 Å². The first kappa shape index (κ1) is 23.1. The number of benzene rings is 3. The number of methoxy groups -OCH3 is 2. The Balaban J connectivity index is 1.91. The Morgan fingerprint density at radius 3 is 2.52 bits per heavy atom. The van der Waals surface area contributed by atoms with E-state index in [1.165, 1.54) is 31.4 Å². The number of hydrogen-bond donors (Lipinski definition) is 1. The summed E-state index contributed by atoms with van der Waals surface area (Å²) < 4.78 is 24.7. The SMILES string of the molecule is COC(=O)c1cc(Br)c2c(c1N)C(=O)N(Cc1ccc(OC)cc1)C2c1cc(F)ccc1Cl. The first-order chi connectivity index (χ1) is 15.8. The van der Waals surface area contributed by atoms with Crippen molar-refractivity contribution in [3.8, 4) is 5.75 Å². The Hall–Kier alpha value is -3.10. The maximum atomic E-state index is 14.2. The van der Waals surface area contributed by atoms with Crippen LogP contribution in [0.5, 0.6) is 5.75 Å². The molecule has 1 aliphatic heterocycles. The third kappa shape index (κ3) is 4.05. The number of nitrogens with zero attached hydrogens (tertiary/aromatic N) is 1. The van der Waals surface area contributed by atoms with Crippen LogP contribution in [0.25, 0.3) is 0 Å². The first-order valence-corrected chi connectivity index (χ1v) is 11.0. The molecule has 1 heterocycles. The molecule has 0 spiro atoms. The lowest BCUT2D eigenvalue weighted by Gasteiger charge is -2.27. The molecule has 4 rings (SSSR count). The molecule has 0 bridgehead atoms. The standard InChI is InChI=1S/C24H19BrClFN2O4/c1-32-14-6-3-12(4-7-14)11-29-22(15-9-13(27)5-8-18(15)26)19-17(25)10-16(24(31)33-2)21(28)20(19)23(29)30/h3-10,22H,11,28H2,1-2H3. The van der Waals surface area contributed by atoms with Gasteiger partial charge >= 0.3 is 5.97 Å². The van der Waals surface area contributed by atoms with Crippen molar-refractivity contribution in [1.82, 2.24) is 4.90 Å². The second-order valence-electron chi connectivity index (χ2n) is 7.45. The summed E-state index contributed by atoms with van der Waals surface area (Å²) in [6.45, 7) is 0.189. The van der Waals surface area contributed by atoms with Crippen LogP contribution in [0, 0.1) is 5.82 Å². The summed E-state index contributed by atoms with van der Waals surface area (Å²) in [5.41, 5.74) is 8.23. The smallest absolute Gasteiger partial charge is 0.340 e. The average Bonchev–Trinajstić information content (AvgIpc) is 3.10. The molecule has 1 amide bonds. The van der Waals surface area contributed by atoms with Gasteiger partial charge in [0.1, 0.15) is 11.6 Å². The summed E-state index contributed by atoms with van der Waals surface area (Å²) in [5, 5.41) is 0.296. The third-order valence-electron chi connectivity index (χ3n) is 5.59. The Morgan fingerprint density at radius 2 is 1.88 bits per heavy atom. The van der Waals surface area contributed by atoms with E-state index in [0.717, 1.165) is 5.56 Å². The fraction of sp³-hybridized carbons (Fsp3) is 0.167. The molecule has 0 saturated carbocycles. The van der Waals surface area contributed by atoms with Crippen LogP contribution in [-0.2, 0) is 11.3 Å². The van der Waals surface area contributed by atoms with Gasteiger partial charge in [-0.05, 0) is 42.0 Å². The highest BCUT2D eigenvalue weighted by Crippen LogP contribution is 2.48. The molecular weight excluding hydrogens is 515 g/mol. The van der Waals surface area contributed by atoms with Crippen molar-refractivity contribution >= 4 is 45.1 Å². The number of hydrogen-bond acceptors (Lipinski definition) is 5. The van der Waals surface area contributed by atoms with Crippen molar-refractivity contribution in [2.45, 2.75) is 12.6 Å². The van der Waals surface area contributed by atoms with E-state index < -0.39 is 23.7 Å². The summed E-state index contributed by atoms with van der Waals surface area (Å²) in [4.78, 5) is 27.4. The van der Waals surface area contributed by atoms with E-state index in [4.69, 9.17) is 26.8 Å². The van der Waals surface area contributed by atoms with Crippen LogP contribution >= 0.6 is 27.5 Å². The number of ether oxygens (including phenoxy) is 2. The molecule has 33 heavy (non-hydrogen) atoms. The number of anilines is 1. The van der Waals surface area contributed by atoms with Crippen LogP contribution < -0.4 is 10.5 Å². The highest BCUT2D eigenvalue weighted by Gasteiger charge is 2.43. The number of carbonyl (C=O) groups excluding carboxylic acids is 2. The van der Waals surface area contributed by atoms with Crippen LogP contribution in [0.4, 0.5) is 10.1 Å². The highest BCUT2D eigenvalue weighted by molar-refractivity contribution is 9.10. The zero-order valence-electron chi connectivity index (χ0n) is 17.7. The van der Waals surface area contributed by atoms with Gasteiger partial charge in [-0.15, -0.1) is 0 Å². The molecule has 0 saturated heterocycles. The van der Waals surface area contributed by atoms with Crippen molar-refractivity contribution < 1.29 is 23.5 Å². The van der Waals surface area contributed by atoms with Gasteiger partial charge in [-0.1, -0.05) is 39.7 Å². The fourth-order valence-corrected chi connectivity index (χ4v) is 4.88. The summed E-state index contributed by atoms with van der Waals surface area (Å²) in [7, 11) is 2.80. The number of carbonyl (C=O) groups is 2. The molecule has 1 unspecified atom stereocenters. The molecule has 6 nitrogen and oxygen atoms in total. The second kappa shape index (κ2) is 9.03. The van der Waals surface area contributed by atoms with Gasteiger partial charge < -0.3 is 20.1 Å². The van der Waals surface area contributed by atoms with Gasteiger partial charge in [-0.25, -0.2) is 9.18 Å². The van der Waals surface area contributed by atoms with Crippen molar-refractivity contribution in [3.05, 3.63) is 91.7 Å². The number of nitrogens with two attached hydrogens (primary N) is 1. The van der Waals surface area contributed by atoms with E-state index in [-0.39, 0.29) is 23.4 Å². The lowest BCUT2D eigenvalue weighted by molar-refractivity contribution is 0.0602. The van der Waals surface area contributed by atoms with Gasteiger partial charge in [0.05, 0.1) is 37.1 Å². The zero-order chi connectivity index (χ0) is 23.9. The van der Waals surface area contributed by atoms with Gasteiger partial charge in [0.15, 0.2) is 0 Å². The van der Waals surface area contributed by atoms with Crippen LogP contribution in [0.2, 0.25) is 5.02 Å². The Morgan fingerprint density at radius 1 is 1.18 bits per heavy atom. The number of halogens is 3. The third-order valence-corrected chi connectivity index (χ3v) is 6.59. The van der Waals surface area contributed by atoms with E-state index in [1.807, 2.05) is 12.1 Å². The van der Waals surface area contributed by atoms with Crippen LogP contribution in [-0.4, -0.2) is 31.0 Å². The number of amides is 1. The minimum atomic E-state index is -0.735. The van der Waals surface area contributed by atoms with E-state index in [9.17, 15) is 14.0 Å². The molecule has 0 aromatic heterocycles. The Kier molecular flexibility index (Phi) is 6.32. The number of rotatable bonds is 5. The molecular formula is C24H19BrClFN2O4. The quantitative estimate of drug-likeness (QED) is 0.352. The van der Waals surface area contributed by atoms with Gasteiger partial charge in [-0.3, -0.25) is 4.79 Å². The fourth-order valence-electron chi connectivity index (χ4n) is 4.01. The molecule has 2 N–H and O–H groups in total. The van der Waals surface area contributed by atoms with Crippen molar-refractivity contribution in [1.29, 1.82) is 0 Å². The van der Waals surface area contributed by atoms with E-state index in [1.54, 1.807) is 24.1 Å². The second-order valence-corrected chi connectivity index (χ2v) is 8.71. The zero-order valence-corrected chi connectivity index (χ0v) is 20.0. The molecule has 3 aromatic carbocycles. The molecule has 3 aromatic rings. The topological polar surface area (TPSA) is 81.9 Å². The van der Waals surface area contributed by atoms with Crippen molar-refractivity contribution in [3.63, 3.8) is 0 Å². The summed E-state index contributed by atoms with van der Waals surface area (Å²) in [6, 6.07) is 12.0. The maximum Gasteiger partial charge on any atom is 0.340 e. The normalized spacial score (nSPS) is 14.9. The molecule has 0 fully saturated rings. The lowest BCUT2D eigenvalue weighted by atomic mass is 9.94. The maximum absolute atomic E-state index is 14.2. The number of esters is 1. The molecule has 1 atom stereocenters. The predicted octanol–water partition coefficient (Wildman–Crippen LogP) is 5.36. The molecule has 0 aliphatic carbocycles. The van der Waals surface area contributed by atoms with Crippen molar-refractivity contribution in [2.75, 3.05) is 20.0 Å². The Labute approximate surface area is 203 Å². The monoisotopic (exact) mass is 532 g/mol. The predicted molar refractivity (Wildman–Crippen MR) is 126 cm³/mol. The van der Waals surface area contributed by atoms with Crippen LogP contribution in [0.1, 0.15) is 43.4 Å². The summed E-state index contributed by atoms with van der Waals surface area (Å²) in [6.07, 6.45) is 0. The molecule has 170 valence electrons. The molecule has 9 heteroatoms. The van der Waals surface area contributed by atoms with Gasteiger partial charge in [0.2, 0.25) is 0 Å². The van der Waals surface area contributed by atoms with Gasteiger partial charge in [0, 0.05) is 27.2 Å². The number of nitrogen functional groups attached to an aromatic ring is 1. The van der Waals surface area contributed by atoms with Crippen LogP contribution in [0.15, 0.2) is 53.0 Å². The lowest BCUT2D eigenvalue weighted by Crippen LogP contribution is -2.28. The largest absolute Gasteiger partial charge is 0.497 e. The summed E-state index contributed by atoms with van der Waals surface area (Å²) in [5.74, 6) is -0.892. The van der Waals surface area contributed by atoms with Crippen LogP contribution in [0.3, 0.4) is 0 Å². The molecule has 0 radical (unpaired) electrons. The molecule has 1 aliphatic rings. The minimum Gasteiger partial charge on any atom is -0.497 e. The van der Waals surface area contributed by atoms with Gasteiger partial charge in [-0.2, -0.15) is 0 Å². The Bertz CT molecular complexity index is 1270. The average molecular weight is 534 g/mol. The highest BCUT2D eigenvalue weighted by atomic mass is 79.9.